The van der Waals surface area contributed by atoms with Crippen LogP contribution in [0.25, 0.3) is 0 Å². The lowest BCUT2D eigenvalue weighted by atomic mass is 10.2. The summed E-state index contributed by atoms with van der Waals surface area (Å²) in [5.41, 5.74) is -0.132. The lowest BCUT2D eigenvalue weighted by Crippen LogP contribution is -2.20. The van der Waals surface area contributed by atoms with Gasteiger partial charge in [-0.2, -0.15) is 13.2 Å². The van der Waals surface area contributed by atoms with Gasteiger partial charge in [-0.15, -0.1) is 0 Å². The number of thiocarbonyl (C=S) groups is 1. The van der Waals surface area contributed by atoms with Gasteiger partial charge in [-0.25, -0.2) is 4.39 Å². The van der Waals surface area contributed by atoms with Crippen LogP contribution in [0.4, 0.5) is 34.6 Å². The van der Waals surface area contributed by atoms with Crippen LogP contribution in [-0.4, -0.2) is 22.8 Å². The molecule has 2 aromatic carbocycles. The first-order chi connectivity index (χ1) is 12.1. The zero-order valence-corrected chi connectivity index (χ0v) is 13.7. The maximum Gasteiger partial charge on any atom is 0.422 e. The molecule has 0 amide bonds. The normalized spacial score (nSPS) is 10.9. The molecule has 2 N–H and O–H groups in total. The van der Waals surface area contributed by atoms with Gasteiger partial charge in [-0.05, 0) is 30.4 Å². The second-order valence-corrected chi connectivity index (χ2v) is 5.37. The van der Waals surface area contributed by atoms with Crippen LogP contribution in [0.5, 0.6) is 5.75 Å². The highest BCUT2D eigenvalue weighted by molar-refractivity contribution is 7.80. The number of anilines is 2. The fraction of sp³-hybridized carbons (Fsp3) is 0.133. The summed E-state index contributed by atoms with van der Waals surface area (Å²) in [6.45, 7) is -1.60. The van der Waals surface area contributed by atoms with E-state index in [1.807, 2.05) is 0 Å². The fourth-order valence-corrected chi connectivity index (χ4v) is 2.10. The highest BCUT2D eigenvalue weighted by Gasteiger charge is 2.28. The molecule has 0 fully saturated rings. The molecule has 0 radical (unpaired) electrons. The molecule has 0 spiro atoms. The minimum atomic E-state index is -4.59. The maximum absolute atomic E-state index is 13.1. The van der Waals surface area contributed by atoms with E-state index in [2.05, 4.69) is 15.4 Å². The average Bonchev–Trinajstić information content (AvgIpc) is 2.52. The SMILES string of the molecule is O=[N+]([O-])c1cc(NC(=S)Nc2cccc(F)c2)cc(OCC(F)(F)F)c1. The predicted octanol–water partition coefficient (Wildman–Crippen LogP) is 4.48. The Bertz CT molecular complexity index is 830. The minimum absolute atomic E-state index is 0.0327. The summed E-state index contributed by atoms with van der Waals surface area (Å²) in [6, 6.07) is 8.42. The van der Waals surface area contributed by atoms with Crippen LogP contribution in [-0.2, 0) is 0 Å². The third kappa shape index (κ3) is 6.16. The zero-order chi connectivity index (χ0) is 19.3. The number of halogens is 4. The van der Waals surface area contributed by atoms with Crippen molar-refractivity contribution >= 4 is 34.4 Å². The summed E-state index contributed by atoms with van der Waals surface area (Å²) in [5, 5.41) is 16.1. The molecule has 0 bridgehead atoms. The highest BCUT2D eigenvalue weighted by Crippen LogP contribution is 2.28. The number of nitrogens with one attached hydrogen (secondary N) is 2. The number of alkyl halides is 3. The first-order valence-corrected chi connectivity index (χ1v) is 7.36. The van der Waals surface area contributed by atoms with E-state index >= 15 is 0 Å². The second kappa shape index (κ2) is 7.95. The van der Waals surface area contributed by atoms with Crippen LogP contribution in [0, 0.1) is 15.9 Å². The molecule has 0 aliphatic heterocycles. The van der Waals surface area contributed by atoms with E-state index in [1.54, 1.807) is 0 Å². The molecule has 0 aliphatic rings. The van der Waals surface area contributed by atoms with Crippen molar-refractivity contribution in [2.45, 2.75) is 6.18 Å². The number of nitrogens with zero attached hydrogens (tertiary/aromatic N) is 1. The minimum Gasteiger partial charge on any atom is -0.484 e. The summed E-state index contributed by atoms with van der Waals surface area (Å²) in [4.78, 5) is 10.1. The van der Waals surface area contributed by atoms with E-state index in [-0.39, 0.29) is 16.5 Å². The van der Waals surface area contributed by atoms with Crippen molar-refractivity contribution in [1.82, 2.24) is 0 Å². The Morgan fingerprint density at radius 3 is 2.46 bits per heavy atom. The van der Waals surface area contributed by atoms with Crippen LogP contribution < -0.4 is 15.4 Å². The molecule has 6 nitrogen and oxygen atoms in total. The smallest absolute Gasteiger partial charge is 0.422 e. The van der Waals surface area contributed by atoms with Gasteiger partial charge < -0.3 is 15.4 Å². The Hall–Kier alpha value is -2.95. The van der Waals surface area contributed by atoms with Gasteiger partial charge in [0.25, 0.3) is 5.69 Å². The Morgan fingerprint density at radius 1 is 1.15 bits per heavy atom. The molecule has 0 saturated heterocycles. The summed E-state index contributed by atoms with van der Waals surface area (Å²) in [5.74, 6) is -0.858. The fourth-order valence-electron chi connectivity index (χ4n) is 1.87. The summed E-state index contributed by atoms with van der Waals surface area (Å²) < 4.78 is 54.4. The average molecular weight is 389 g/mol. The highest BCUT2D eigenvalue weighted by atomic mass is 32.1. The van der Waals surface area contributed by atoms with Gasteiger partial charge >= 0.3 is 6.18 Å². The first-order valence-electron chi connectivity index (χ1n) is 6.95. The van der Waals surface area contributed by atoms with Crippen LogP contribution in [0.15, 0.2) is 42.5 Å². The molecule has 26 heavy (non-hydrogen) atoms. The summed E-state index contributed by atoms with van der Waals surface area (Å²) in [6.07, 6.45) is -4.59. The summed E-state index contributed by atoms with van der Waals surface area (Å²) >= 11 is 5.00. The number of ether oxygens (including phenoxy) is 1. The number of hydrogen-bond donors (Lipinski definition) is 2. The molecular formula is C15H11F4N3O3S. The van der Waals surface area contributed by atoms with Gasteiger partial charge in [-0.1, -0.05) is 6.07 Å². The number of hydrogen-bond acceptors (Lipinski definition) is 4. The van der Waals surface area contributed by atoms with Crippen molar-refractivity contribution in [2.24, 2.45) is 0 Å². The Kier molecular flexibility index (Phi) is 5.93. The number of non-ortho nitro benzene ring substituents is 1. The quantitative estimate of drug-likeness (QED) is 0.340. The van der Waals surface area contributed by atoms with Crippen molar-refractivity contribution in [3.8, 4) is 5.75 Å². The van der Waals surface area contributed by atoms with Crippen LogP contribution in [0.3, 0.4) is 0 Å². The number of rotatable bonds is 5. The van der Waals surface area contributed by atoms with E-state index in [0.29, 0.717) is 5.69 Å². The standard InChI is InChI=1S/C15H11F4N3O3S/c16-9-2-1-3-10(4-9)20-14(26)21-11-5-12(22(23)24)7-13(6-11)25-8-15(17,18)19/h1-7H,8H2,(H2,20,21,26). The van der Waals surface area contributed by atoms with Gasteiger partial charge in [-0.3, -0.25) is 10.1 Å². The van der Waals surface area contributed by atoms with E-state index in [0.717, 1.165) is 18.2 Å². The molecule has 0 aliphatic carbocycles. The maximum atomic E-state index is 13.1. The van der Waals surface area contributed by atoms with Gasteiger partial charge in [0.15, 0.2) is 11.7 Å². The van der Waals surface area contributed by atoms with Crippen molar-refractivity contribution in [1.29, 1.82) is 0 Å². The molecule has 0 heterocycles. The van der Waals surface area contributed by atoms with Crippen LogP contribution in [0.2, 0.25) is 0 Å². The lowest BCUT2D eigenvalue weighted by molar-refractivity contribution is -0.384. The van der Waals surface area contributed by atoms with Crippen LogP contribution >= 0.6 is 12.2 Å². The molecule has 0 atom stereocenters. The zero-order valence-electron chi connectivity index (χ0n) is 12.8. The van der Waals surface area contributed by atoms with E-state index in [4.69, 9.17) is 12.2 Å². The molecule has 0 aromatic heterocycles. The van der Waals surface area contributed by atoms with Crippen LogP contribution in [0.1, 0.15) is 0 Å². The first kappa shape index (κ1) is 19.4. The molecule has 0 saturated carbocycles. The van der Waals surface area contributed by atoms with E-state index in [1.165, 1.54) is 24.3 Å². The van der Waals surface area contributed by atoms with E-state index in [9.17, 15) is 27.7 Å². The number of benzene rings is 2. The van der Waals surface area contributed by atoms with Gasteiger partial charge in [0, 0.05) is 17.8 Å². The van der Waals surface area contributed by atoms with E-state index < -0.39 is 29.2 Å². The van der Waals surface area contributed by atoms with Crippen molar-refractivity contribution in [3.05, 3.63) is 58.4 Å². The number of nitro benzene ring substituents is 1. The second-order valence-electron chi connectivity index (χ2n) is 4.97. The predicted molar refractivity (Wildman–Crippen MR) is 90.9 cm³/mol. The largest absolute Gasteiger partial charge is 0.484 e. The molecule has 0 unspecified atom stereocenters. The molecule has 2 aromatic rings. The third-order valence-corrected chi connectivity index (χ3v) is 3.05. The monoisotopic (exact) mass is 389 g/mol. The van der Waals surface area contributed by atoms with Crippen molar-refractivity contribution < 1.29 is 27.2 Å². The van der Waals surface area contributed by atoms with Crippen molar-refractivity contribution in [2.75, 3.05) is 17.2 Å². The topological polar surface area (TPSA) is 76.4 Å². The Morgan fingerprint density at radius 2 is 1.85 bits per heavy atom. The summed E-state index contributed by atoms with van der Waals surface area (Å²) in [7, 11) is 0. The van der Waals surface area contributed by atoms with Gasteiger partial charge in [0.2, 0.25) is 0 Å². The molecule has 2 rings (SSSR count). The van der Waals surface area contributed by atoms with Gasteiger partial charge in [0.05, 0.1) is 16.7 Å². The molecular weight excluding hydrogens is 378 g/mol. The molecule has 138 valence electrons. The Labute approximate surface area is 149 Å². The number of nitro groups is 1. The molecule has 11 heteroatoms. The Balaban J connectivity index is 2.15. The van der Waals surface area contributed by atoms with Gasteiger partial charge in [0.1, 0.15) is 11.6 Å². The third-order valence-electron chi connectivity index (χ3n) is 2.84. The van der Waals surface area contributed by atoms with Crippen molar-refractivity contribution in [3.63, 3.8) is 0 Å². The lowest BCUT2D eigenvalue weighted by Gasteiger charge is -2.13.